The van der Waals surface area contributed by atoms with E-state index in [9.17, 15) is 14.4 Å². The van der Waals surface area contributed by atoms with Gasteiger partial charge in [-0.2, -0.15) is 0 Å². The van der Waals surface area contributed by atoms with Crippen molar-refractivity contribution in [2.75, 3.05) is 13.2 Å². The second kappa shape index (κ2) is 9.71. The van der Waals surface area contributed by atoms with E-state index >= 15 is 0 Å². The number of rotatable bonds is 7. The lowest BCUT2D eigenvalue weighted by molar-refractivity contribution is -0.146. The summed E-state index contributed by atoms with van der Waals surface area (Å²) < 4.78 is 9.87. The van der Waals surface area contributed by atoms with E-state index in [1.54, 1.807) is 44.2 Å². The van der Waals surface area contributed by atoms with Crippen molar-refractivity contribution < 1.29 is 23.9 Å². The second-order valence-electron chi connectivity index (χ2n) is 5.61. The van der Waals surface area contributed by atoms with Crippen LogP contribution in [0.4, 0.5) is 0 Å². The molecule has 0 bridgehead atoms. The van der Waals surface area contributed by atoms with E-state index in [1.165, 1.54) is 18.2 Å². The molecular weight excluding hydrogens is 382 g/mol. The monoisotopic (exact) mass is 401 g/mol. The predicted octanol–water partition coefficient (Wildman–Crippen LogP) is 3.37. The standard InChI is InChI=1S/C21H20ClNO5/c1-3-27-20(25)17(21(26)28-4-2)18(23)15-11-10-14(22)12-16(15)19(24)13-8-6-5-7-9-13/h5-12H,3-4,23H2,1-2H3. The molecule has 6 nitrogen and oxygen atoms in total. The van der Waals surface area contributed by atoms with Gasteiger partial charge in [0.25, 0.3) is 0 Å². The van der Waals surface area contributed by atoms with Crippen LogP contribution < -0.4 is 5.73 Å². The van der Waals surface area contributed by atoms with E-state index in [4.69, 9.17) is 26.8 Å². The van der Waals surface area contributed by atoms with Crippen LogP contribution >= 0.6 is 11.6 Å². The summed E-state index contributed by atoms with van der Waals surface area (Å²) in [7, 11) is 0. The average Bonchev–Trinajstić information content (AvgIpc) is 2.68. The first-order valence-electron chi connectivity index (χ1n) is 8.64. The van der Waals surface area contributed by atoms with E-state index in [0.717, 1.165) is 0 Å². The van der Waals surface area contributed by atoms with E-state index in [-0.39, 0.29) is 35.8 Å². The Bertz CT molecular complexity index is 902. The summed E-state index contributed by atoms with van der Waals surface area (Å²) >= 11 is 6.06. The van der Waals surface area contributed by atoms with Crippen molar-refractivity contribution in [1.82, 2.24) is 0 Å². The maximum atomic E-state index is 13.0. The molecule has 0 aromatic heterocycles. The van der Waals surface area contributed by atoms with Gasteiger partial charge in [-0.05, 0) is 26.0 Å². The zero-order valence-electron chi connectivity index (χ0n) is 15.5. The number of carbonyl (C=O) groups excluding carboxylic acids is 3. The molecule has 7 heteroatoms. The highest BCUT2D eigenvalue weighted by Crippen LogP contribution is 2.26. The van der Waals surface area contributed by atoms with E-state index < -0.39 is 17.5 Å². The molecular formula is C21H20ClNO5. The van der Waals surface area contributed by atoms with Gasteiger partial charge in [0.2, 0.25) is 0 Å². The average molecular weight is 402 g/mol. The van der Waals surface area contributed by atoms with E-state index in [0.29, 0.717) is 10.6 Å². The predicted molar refractivity (Wildman–Crippen MR) is 106 cm³/mol. The third-order valence-corrected chi connectivity index (χ3v) is 4.02. The van der Waals surface area contributed by atoms with Crippen molar-refractivity contribution in [1.29, 1.82) is 0 Å². The van der Waals surface area contributed by atoms with Crippen molar-refractivity contribution in [2.24, 2.45) is 5.73 Å². The molecule has 2 N–H and O–H groups in total. The van der Waals surface area contributed by atoms with Gasteiger partial charge in [0.05, 0.1) is 18.9 Å². The Labute approximate surface area is 167 Å². The van der Waals surface area contributed by atoms with Crippen LogP contribution in [0.5, 0.6) is 0 Å². The lowest BCUT2D eigenvalue weighted by atomic mass is 9.95. The van der Waals surface area contributed by atoms with Crippen LogP contribution in [0.1, 0.15) is 35.3 Å². The summed E-state index contributed by atoms with van der Waals surface area (Å²) in [5.41, 5.74) is 6.23. The Hall–Kier alpha value is -3.12. The van der Waals surface area contributed by atoms with Gasteiger partial charge < -0.3 is 15.2 Å². The van der Waals surface area contributed by atoms with Gasteiger partial charge in [0.15, 0.2) is 11.4 Å². The molecule has 0 spiro atoms. The fourth-order valence-corrected chi connectivity index (χ4v) is 2.70. The molecule has 0 saturated heterocycles. The van der Waals surface area contributed by atoms with Crippen LogP contribution in [-0.4, -0.2) is 30.9 Å². The lowest BCUT2D eigenvalue weighted by Crippen LogP contribution is -2.23. The molecule has 0 saturated carbocycles. The molecule has 2 aromatic rings. The fraction of sp³-hybridized carbons (Fsp3) is 0.190. The van der Waals surface area contributed by atoms with Crippen LogP contribution in [0.2, 0.25) is 5.02 Å². The van der Waals surface area contributed by atoms with Gasteiger partial charge in [-0.3, -0.25) is 4.79 Å². The summed E-state index contributed by atoms with van der Waals surface area (Å²) in [5, 5.41) is 0.310. The highest BCUT2D eigenvalue weighted by molar-refractivity contribution is 6.31. The number of hydrogen-bond acceptors (Lipinski definition) is 6. The summed E-state index contributed by atoms with van der Waals surface area (Å²) in [5.74, 6) is -2.20. The number of hydrogen-bond donors (Lipinski definition) is 1. The second-order valence-corrected chi connectivity index (χ2v) is 6.05. The summed E-state index contributed by atoms with van der Waals surface area (Å²) in [6.45, 7) is 3.30. The molecule has 2 aromatic carbocycles. The van der Waals surface area contributed by atoms with E-state index in [2.05, 4.69) is 0 Å². The number of nitrogens with two attached hydrogens (primary N) is 1. The summed E-state index contributed by atoms with van der Waals surface area (Å²) in [6, 6.07) is 12.9. The molecule has 2 rings (SSSR count). The first-order chi connectivity index (χ1) is 13.4. The molecule has 28 heavy (non-hydrogen) atoms. The zero-order chi connectivity index (χ0) is 20.7. The maximum Gasteiger partial charge on any atom is 0.347 e. The van der Waals surface area contributed by atoms with Crippen LogP contribution in [0, 0.1) is 0 Å². The number of ether oxygens (including phenoxy) is 2. The van der Waals surface area contributed by atoms with E-state index in [1.807, 2.05) is 0 Å². The number of halogens is 1. The van der Waals surface area contributed by atoms with Crippen molar-refractivity contribution in [3.05, 3.63) is 75.8 Å². The molecule has 0 atom stereocenters. The van der Waals surface area contributed by atoms with Gasteiger partial charge in [0.1, 0.15) is 0 Å². The largest absolute Gasteiger partial charge is 0.462 e. The third kappa shape index (κ3) is 4.78. The number of esters is 2. The van der Waals surface area contributed by atoms with Crippen molar-refractivity contribution in [3.63, 3.8) is 0 Å². The molecule has 0 aliphatic heterocycles. The normalized spacial score (nSPS) is 10.1. The Morgan fingerprint density at radius 2 is 1.46 bits per heavy atom. The van der Waals surface area contributed by atoms with Crippen LogP contribution in [0.15, 0.2) is 54.1 Å². The Kier molecular flexibility index (Phi) is 7.35. The first-order valence-corrected chi connectivity index (χ1v) is 9.02. The molecule has 0 aliphatic rings. The van der Waals surface area contributed by atoms with Gasteiger partial charge in [-0.25, -0.2) is 9.59 Å². The molecule has 0 fully saturated rings. The first kappa shape index (κ1) is 21.2. The molecule has 0 heterocycles. The van der Waals surface area contributed by atoms with Crippen LogP contribution in [0.3, 0.4) is 0 Å². The number of benzene rings is 2. The topological polar surface area (TPSA) is 95.7 Å². The molecule has 0 aliphatic carbocycles. The highest BCUT2D eigenvalue weighted by Gasteiger charge is 2.28. The van der Waals surface area contributed by atoms with Gasteiger partial charge in [-0.1, -0.05) is 48.0 Å². The SMILES string of the molecule is CCOC(=O)C(C(=O)OCC)=C(N)c1ccc(Cl)cc1C(=O)c1ccccc1. The highest BCUT2D eigenvalue weighted by atomic mass is 35.5. The molecule has 0 unspecified atom stereocenters. The minimum atomic E-state index is -0.925. The Morgan fingerprint density at radius 1 is 0.893 bits per heavy atom. The lowest BCUT2D eigenvalue weighted by Gasteiger charge is -2.14. The van der Waals surface area contributed by atoms with Gasteiger partial charge in [0, 0.05) is 21.7 Å². The molecule has 0 amide bonds. The van der Waals surface area contributed by atoms with Gasteiger partial charge in [-0.15, -0.1) is 0 Å². The summed E-state index contributed by atoms with van der Waals surface area (Å²) in [6.07, 6.45) is 0. The summed E-state index contributed by atoms with van der Waals surface area (Å²) in [4.78, 5) is 37.6. The third-order valence-electron chi connectivity index (χ3n) is 3.78. The Morgan fingerprint density at radius 3 is 2.00 bits per heavy atom. The minimum absolute atomic E-state index is 0.0471. The molecule has 0 radical (unpaired) electrons. The van der Waals surface area contributed by atoms with Crippen molar-refractivity contribution in [2.45, 2.75) is 13.8 Å². The van der Waals surface area contributed by atoms with Gasteiger partial charge >= 0.3 is 11.9 Å². The molecule has 146 valence electrons. The zero-order valence-corrected chi connectivity index (χ0v) is 16.3. The van der Waals surface area contributed by atoms with Crippen molar-refractivity contribution >= 4 is 35.0 Å². The quantitative estimate of drug-likeness (QED) is 0.251. The fourth-order valence-electron chi connectivity index (χ4n) is 2.53. The smallest absolute Gasteiger partial charge is 0.347 e. The minimum Gasteiger partial charge on any atom is -0.462 e. The van der Waals surface area contributed by atoms with Crippen LogP contribution in [-0.2, 0) is 19.1 Å². The van der Waals surface area contributed by atoms with Crippen molar-refractivity contribution in [3.8, 4) is 0 Å². The maximum absolute atomic E-state index is 13.0. The number of carbonyl (C=O) groups is 3. The van der Waals surface area contributed by atoms with Crippen LogP contribution in [0.25, 0.3) is 5.70 Å². The number of ketones is 1. The Balaban J connectivity index is 2.66.